The monoisotopic (exact) mass is 225 g/mol. The van der Waals surface area contributed by atoms with Crippen LogP contribution in [0.2, 0.25) is 0 Å². The molecule has 1 rings (SSSR count). The number of nitrogens with one attached hydrogen (secondary N) is 1. The van der Waals surface area contributed by atoms with Crippen LogP contribution in [-0.4, -0.2) is 12.6 Å². The quantitative estimate of drug-likeness (QED) is 0.678. The summed E-state index contributed by atoms with van der Waals surface area (Å²) in [6.07, 6.45) is 10.1. The molecule has 0 spiro atoms. The highest BCUT2D eigenvalue weighted by atomic mass is 14.9. The molecule has 0 saturated heterocycles. The largest absolute Gasteiger partial charge is 0.314 e. The summed E-state index contributed by atoms with van der Waals surface area (Å²) in [4.78, 5) is 0. The molecule has 0 atom stereocenters. The van der Waals surface area contributed by atoms with Crippen molar-refractivity contribution in [1.82, 2.24) is 5.32 Å². The standard InChI is InChI=1S/C15H31N/c1-13(2)8-7-11-15(9-5-6-10-15)12-16-14(3)4/h13-14,16H,5-12H2,1-4H3. The van der Waals surface area contributed by atoms with E-state index in [-0.39, 0.29) is 0 Å². The molecular weight excluding hydrogens is 194 g/mol. The van der Waals surface area contributed by atoms with E-state index in [1.54, 1.807) is 0 Å². The van der Waals surface area contributed by atoms with Gasteiger partial charge in [-0.05, 0) is 30.6 Å². The van der Waals surface area contributed by atoms with Crippen LogP contribution in [0.1, 0.15) is 72.6 Å². The summed E-state index contributed by atoms with van der Waals surface area (Å²) >= 11 is 0. The zero-order valence-corrected chi connectivity index (χ0v) is 11.8. The smallest absolute Gasteiger partial charge is 0.00106 e. The molecular formula is C15H31N. The lowest BCUT2D eigenvalue weighted by Gasteiger charge is -2.31. The van der Waals surface area contributed by atoms with Crippen LogP contribution in [0.15, 0.2) is 0 Å². The maximum absolute atomic E-state index is 3.67. The van der Waals surface area contributed by atoms with Crippen molar-refractivity contribution in [3.8, 4) is 0 Å². The summed E-state index contributed by atoms with van der Waals surface area (Å²) in [7, 11) is 0. The Morgan fingerprint density at radius 1 is 1.06 bits per heavy atom. The van der Waals surface area contributed by atoms with Gasteiger partial charge in [-0.1, -0.05) is 53.4 Å². The second kappa shape index (κ2) is 6.64. The predicted molar refractivity (Wildman–Crippen MR) is 72.7 cm³/mol. The van der Waals surface area contributed by atoms with Gasteiger partial charge >= 0.3 is 0 Å². The van der Waals surface area contributed by atoms with Gasteiger partial charge in [0, 0.05) is 12.6 Å². The van der Waals surface area contributed by atoms with Gasteiger partial charge in [-0.15, -0.1) is 0 Å². The van der Waals surface area contributed by atoms with E-state index in [1.807, 2.05) is 0 Å². The third-order valence-electron chi connectivity index (χ3n) is 4.04. The van der Waals surface area contributed by atoms with Crippen molar-refractivity contribution in [2.75, 3.05) is 6.54 Å². The molecule has 1 aliphatic rings. The predicted octanol–water partition coefficient (Wildman–Crippen LogP) is 4.37. The topological polar surface area (TPSA) is 12.0 Å². The molecule has 0 bridgehead atoms. The van der Waals surface area contributed by atoms with E-state index in [2.05, 4.69) is 33.0 Å². The van der Waals surface area contributed by atoms with Crippen molar-refractivity contribution in [3.05, 3.63) is 0 Å². The van der Waals surface area contributed by atoms with Gasteiger partial charge in [-0.25, -0.2) is 0 Å². The molecule has 1 fully saturated rings. The van der Waals surface area contributed by atoms with E-state index < -0.39 is 0 Å². The molecule has 0 aromatic heterocycles. The van der Waals surface area contributed by atoms with Crippen molar-refractivity contribution >= 4 is 0 Å². The van der Waals surface area contributed by atoms with Crippen molar-refractivity contribution < 1.29 is 0 Å². The maximum Gasteiger partial charge on any atom is 0.00106 e. The second-order valence-electron chi connectivity index (χ2n) is 6.53. The van der Waals surface area contributed by atoms with Crippen LogP contribution < -0.4 is 5.32 Å². The van der Waals surface area contributed by atoms with E-state index in [4.69, 9.17) is 0 Å². The molecule has 16 heavy (non-hydrogen) atoms. The molecule has 1 nitrogen and oxygen atoms in total. The molecule has 0 aliphatic heterocycles. The first-order chi connectivity index (χ1) is 7.54. The summed E-state index contributed by atoms with van der Waals surface area (Å²) in [5.74, 6) is 0.872. The molecule has 0 aromatic carbocycles. The van der Waals surface area contributed by atoms with Gasteiger partial charge in [0.1, 0.15) is 0 Å². The number of hydrogen-bond acceptors (Lipinski definition) is 1. The van der Waals surface area contributed by atoms with Gasteiger partial charge < -0.3 is 5.32 Å². The molecule has 1 N–H and O–H groups in total. The van der Waals surface area contributed by atoms with Gasteiger partial charge in [-0.3, -0.25) is 0 Å². The van der Waals surface area contributed by atoms with Crippen molar-refractivity contribution in [3.63, 3.8) is 0 Å². The van der Waals surface area contributed by atoms with Crippen LogP contribution in [0.25, 0.3) is 0 Å². The summed E-state index contributed by atoms with van der Waals surface area (Å²) in [5.41, 5.74) is 0.652. The van der Waals surface area contributed by atoms with E-state index >= 15 is 0 Å². The van der Waals surface area contributed by atoms with E-state index in [0.717, 1.165) is 5.92 Å². The van der Waals surface area contributed by atoms with Gasteiger partial charge in [0.15, 0.2) is 0 Å². The van der Waals surface area contributed by atoms with Crippen LogP contribution in [0.5, 0.6) is 0 Å². The van der Waals surface area contributed by atoms with Crippen LogP contribution in [0.4, 0.5) is 0 Å². The van der Waals surface area contributed by atoms with Crippen molar-refractivity contribution in [2.24, 2.45) is 11.3 Å². The Morgan fingerprint density at radius 3 is 2.19 bits per heavy atom. The minimum atomic E-state index is 0.641. The Labute approximate surface area is 102 Å². The maximum atomic E-state index is 3.67. The average Bonchev–Trinajstić information content (AvgIpc) is 2.64. The Morgan fingerprint density at radius 2 is 1.69 bits per heavy atom. The van der Waals surface area contributed by atoms with Gasteiger partial charge in [0.2, 0.25) is 0 Å². The molecule has 1 aliphatic carbocycles. The normalized spacial score (nSPS) is 19.9. The van der Waals surface area contributed by atoms with Crippen molar-refractivity contribution in [1.29, 1.82) is 0 Å². The Balaban J connectivity index is 2.33. The van der Waals surface area contributed by atoms with Crippen LogP contribution in [-0.2, 0) is 0 Å². The lowest BCUT2D eigenvalue weighted by molar-refractivity contribution is 0.237. The lowest BCUT2D eigenvalue weighted by Crippen LogP contribution is -2.36. The summed E-state index contributed by atoms with van der Waals surface area (Å²) < 4.78 is 0. The fourth-order valence-corrected chi connectivity index (χ4v) is 2.95. The zero-order valence-electron chi connectivity index (χ0n) is 11.8. The molecule has 1 heteroatoms. The first-order valence-corrected chi connectivity index (χ1v) is 7.27. The number of hydrogen-bond donors (Lipinski definition) is 1. The highest BCUT2D eigenvalue weighted by molar-refractivity contribution is 4.87. The molecule has 0 amide bonds. The summed E-state index contributed by atoms with van der Waals surface area (Å²) in [5, 5.41) is 3.67. The Kier molecular flexibility index (Phi) is 5.82. The molecule has 0 heterocycles. The van der Waals surface area contributed by atoms with Gasteiger partial charge in [-0.2, -0.15) is 0 Å². The lowest BCUT2D eigenvalue weighted by atomic mass is 9.80. The average molecular weight is 225 g/mol. The minimum Gasteiger partial charge on any atom is -0.314 e. The van der Waals surface area contributed by atoms with E-state index in [9.17, 15) is 0 Å². The fraction of sp³-hybridized carbons (Fsp3) is 1.00. The van der Waals surface area contributed by atoms with Crippen molar-refractivity contribution in [2.45, 2.75) is 78.7 Å². The highest BCUT2D eigenvalue weighted by Crippen LogP contribution is 2.42. The molecule has 0 aromatic rings. The third kappa shape index (κ3) is 4.86. The summed E-state index contributed by atoms with van der Waals surface area (Å²) in [6, 6.07) is 0.641. The highest BCUT2D eigenvalue weighted by Gasteiger charge is 2.32. The van der Waals surface area contributed by atoms with Gasteiger partial charge in [0.25, 0.3) is 0 Å². The SMILES string of the molecule is CC(C)CCCC1(CNC(C)C)CCCC1. The third-order valence-corrected chi connectivity index (χ3v) is 4.04. The first-order valence-electron chi connectivity index (χ1n) is 7.27. The summed E-state index contributed by atoms with van der Waals surface area (Å²) in [6.45, 7) is 10.5. The minimum absolute atomic E-state index is 0.641. The van der Waals surface area contributed by atoms with Crippen LogP contribution in [0, 0.1) is 11.3 Å². The van der Waals surface area contributed by atoms with E-state index in [0.29, 0.717) is 11.5 Å². The zero-order chi connectivity index (χ0) is 12.0. The van der Waals surface area contributed by atoms with Crippen LogP contribution >= 0.6 is 0 Å². The first kappa shape index (κ1) is 14.0. The molecule has 96 valence electrons. The molecule has 0 unspecified atom stereocenters. The molecule has 0 radical (unpaired) electrons. The van der Waals surface area contributed by atoms with Gasteiger partial charge in [0.05, 0.1) is 0 Å². The molecule has 1 saturated carbocycles. The van der Waals surface area contributed by atoms with E-state index in [1.165, 1.54) is 51.5 Å². The number of rotatable bonds is 7. The fourth-order valence-electron chi connectivity index (χ4n) is 2.95. The van der Waals surface area contributed by atoms with Crippen LogP contribution in [0.3, 0.4) is 0 Å². The Bertz CT molecular complexity index is 178. The second-order valence-corrected chi connectivity index (χ2v) is 6.53. The Hall–Kier alpha value is -0.0400.